The predicted octanol–water partition coefficient (Wildman–Crippen LogP) is 0.492. The van der Waals surface area contributed by atoms with Crippen molar-refractivity contribution in [3.05, 3.63) is 35.4 Å². The first-order valence-corrected chi connectivity index (χ1v) is 6.25. The maximum atomic E-state index is 11.9. The second-order valence-corrected chi connectivity index (χ2v) is 4.92. The summed E-state index contributed by atoms with van der Waals surface area (Å²) in [6.07, 6.45) is -0.479. The van der Waals surface area contributed by atoms with Crippen LogP contribution in [0.25, 0.3) is 0 Å². The summed E-state index contributed by atoms with van der Waals surface area (Å²) in [5, 5.41) is 18.8. The number of aliphatic hydroxyl groups is 2. The molecule has 0 bridgehead atoms. The van der Waals surface area contributed by atoms with E-state index < -0.39 is 12.2 Å². The largest absolute Gasteiger partial charge is 0.388 e. The standard InChI is InChI=1S/C14H19NO3/c1-10-3-2-4-11(7-10)5-6-14(18)15-8-12(16)13(17)9-15/h2-4,7,12-13,16-17H,5-6,8-9H2,1H3. The first-order chi connectivity index (χ1) is 8.56. The molecule has 2 N–H and O–H groups in total. The van der Waals surface area contributed by atoms with Crippen molar-refractivity contribution in [2.45, 2.75) is 32.0 Å². The molecule has 1 amide bonds. The number of aryl methyl sites for hydroxylation is 2. The van der Waals surface area contributed by atoms with E-state index in [9.17, 15) is 15.0 Å². The van der Waals surface area contributed by atoms with Crippen LogP contribution in [-0.2, 0) is 11.2 Å². The molecule has 0 spiro atoms. The first kappa shape index (κ1) is 13.1. The van der Waals surface area contributed by atoms with Crippen LogP contribution in [0.15, 0.2) is 24.3 Å². The zero-order valence-electron chi connectivity index (χ0n) is 10.5. The second-order valence-electron chi connectivity index (χ2n) is 4.92. The highest BCUT2D eigenvalue weighted by Gasteiger charge is 2.31. The van der Waals surface area contributed by atoms with Crippen molar-refractivity contribution in [3.8, 4) is 0 Å². The summed E-state index contributed by atoms with van der Waals surface area (Å²) in [5.74, 6) is -0.00731. The van der Waals surface area contributed by atoms with Crippen molar-refractivity contribution in [1.29, 1.82) is 0 Å². The number of carbonyl (C=O) groups is 1. The maximum Gasteiger partial charge on any atom is 0.223 e. The molecule has 0 aliphatic carbocycles. The van der Waals surface area contributed by atoms with E-state index in [0.29, 0.717) is 12.8 Å². The summed E-state index contributed by atoms with van der Waals surface area (Å²) in [5.41, 5.74) is 2.33. The van der Waals surface area contributed by atoms with Gasteiger partial charge in [0.25, 0.3) is 0 Å². The highest BCUT2D eigenvalue weighted by molar-refractivity contribution is 5.76. The lowest BCUT2D eigenvalue weighted by Crippen LogP contribution is -2.29. The highest BCUT2D eigenvalue weighted by Crippen LogP contribution is 2.13. The van der Waals surface area contributed by atoms with Crippen molar-refractivity contribution >= 4 is 5.91 Å². The second kappa shape index (κ2) is 5.50. The number of amides is 1. The molecule has 1 aromatic carbocycles. The van der Waals surface area contributed by atoms with Gasteiger partial charge >= 0.3 is 0 Å². The molecule has 1 heterocycles. The van der Waals surface area contributed by atoms with Crippen molar-refractivity contribution in [2.75, 3.05) is 13.1 Å². The summed E-state index contributed by atoms with van der Waals surface area (Å²) in [4.78, 5) is 13.4. The lowest BCUT2D eigenvalue weighted by Gasteiger charge is -2.15. The van der Waals surface area contributed by atoms with Gasteiger partial charge < -0.3 is 15.1 Å². The van der Waals surface area contributed by atoms with E-state index in [-0.39, 0.29) is 19.0 Å². The summed E-state index contributed by atoms with van der Waals surface area (Å²) in [7, 11) is 0. The molecule has 1 fully saturated rings. The average molecular weight is 249 g/mol. The van der Waals surface area contributed by atoms with E-state index in [4.69, 9.17) is 0 Å². The molecule has 0 aromatic heterocycles. The Bertz CT molecular complexity index is 423. The zero-order valence-corrected chi connectivity index (χ0v) is 10.5. The SMILES string of the molecule is Cc1cccc(CCC(=O)N2CC(O)C(O)C2)c1. The Morgan fingerprint density at radius 1 is 1.33 bits per heavy atom. The van der Waals surface area contributed by atoms with Gasteiger partial charge in [0.15, 0.2) is 0 Å². The fourth-order valence-corrected chi connectivity index (χ4v) is 2.25. The Hall–Kier alpha value is -1.39. The van der Waals surface area contributed by atoms with Gasteiger partial charge in [-0.2, -0.15) is 0 Å². The fourth-order valence-electron chi connectivity index (χ4n) is 2.25. The molecule has 2 atom stereocenters. The third-order valence-electron chi connectivity index (χ3n) is 3.32. The van der Waals surface area contributed by atoms with Gasteiger partial charge in [0.05, 0.1) is 12.2 Å². The zero-order chi connectivity index (χ0) is 13.1. The summed E-state index contributed by atoms with van der Waals surface area (Å²) < 4.78 is 0. The molecule has 1 aliphatic rings. The fraction of sp³-hybridized carbons (Fsp3) is 0.500. The van der Waals surface area contributed by atoms with Crippen molar-refractivity contribution < 1.29 is 15.0 Å². The van der Waals surface area contributed by atoms with Crippen molar-refractivity contribution in [3.63, 3.8) is 0 Å². The molecule has 4 heteroatoms. The van der Waals surface area contributed by atoms with Gasteiger partial charge in [-0.05, 0) is 18.9 Å². The van der Waals surface area contributed by atoms with Crippen LogP contribution in [0.1, 0.15) is 17.5 Å². The molecule has 18 heavy (non-hydrogen) atoms. The van der Waals surface area contributed by atoms with E-state index in [1.54, 1.807) is 0 Å². The molecule has 1 aliphatic heterocycles. The Kier molecular flexibility index (Phi) is 3.99. The summed E-state index contributed by atoms with van der Waals surface area (Å²) in [6, 6.07) is 8.09. The first-order valence-electron chi connectivity index (χ1n) is 6.25. The normalized spacial score (nSPS) is 23.4. The van der Waals surface area contributed by atoms with Crippen LogP contribution in [0.3, 0.4) is 0 Å². The minimum absolute atomic E-state index is 0.00731. The summed E-state index contributed by atoms with van der Waals surface area (Å²) in [6.45, 7) is 2.51. The molecule has 0 radical (unpaired) electrons. The molecular weight excluding hydrogens is 230 g/mol. The lowest BCUT2D eigenvalue weighted by molar-refractivity contribution is -0.130. The highest BCUT2D eigenvalue weighted by atomic mass is 16.3. The molecule has 4 nitrogen and oxygen atoms in total. The van der Waals surface area contributed by atoms with Crippen LogP contribution in [0, 0.1) is 6.92 Å². The van der Waals surface area contributed by atoms with Crippen molar-refractivity contribution in [2.24, 2.45) is 0 Å². The smallest absolute Gasteiger partial charge is 0.223 e. The molecule has 1 aromatic rings. The van der Waals surface area contributed by atoms with Gasteiger partial charge in [-0.15, -0.1) is 0 Å². The van der Waals surface area contributed by atoms with Gasteiger partial charge in [0, 0.05) is 19.5 Å². The molecule has 2 rings (SSSR count). The molecule has 2 unspecified atom stereocenters. The Morgan fingerprint density at radius 3 is 2.61 bits per heavy atom. The number of carbonyl (C=O) groups excluding carboxylic acids is 1. The molecule has 1 saturated heterocycles. The number of rotatable bonds is 3. The topological polar surface area (TPSA) is 60.8 Å². The number of likely N-dealkylation sites (tertiary alicyclic amines) is 1. The van der Waals surface area contributed by atoms with Crippen LogP contribution < -0.4 is 0 Å². The Labute approximate surface area is 107 Å². The van der Waals surface area contributed by atoms with Gasteiger partial charge in [-0.3, -0.25) is 4.79 Å². The van der Waals surface area contributed by atoms with Gasteiger partial charge in [0.2, 0.25) is 5.91 Å². The number of hydrogen-bond acceptors (Lipinski definition) is 3. The average Bonchev–Trinajstić information content (AvgIpc) is 2.67. The van der Waals surface area contributed by atoms with E-state index in [1.165, 1.54) is 10.5 Å². The number of nitrogens with zero attached hydrogens (tertiary/aromatic N) is 1. The molecule has 0 saturated carbocycles. The van der Waals surface area contributed by atoms with Gasteiger partial charge in [-0.25, -0.2) is 0 Å². The Morgan fingerprint density at radius 2 is 2.00 bits per heavy atom. The summed E-state index contributed by atoms with van der Waals surface area (Å²) >= 11 is 0. The van der Waals surface area contributed by atoms with Crippen LogP contribution >= 0.6 is 0 Å². The van der Waals surface area contributed by atoms with Crippen LogP contribution in [0.5, 0.6) is 0 Å². The van der Waals surface area contributed by atoms with E-state index in [0.717, 1.165) is 5.56 Å². The number of hydrogen-bond donors (Lipinski definition) is 2. The van der Waals surface area contributed by atoms with E-state index in [2.05, 4.69) is 6.07 Å². The van der Waals surface area contributed by atoms with Crippen LogP contribution in [0.4, 0.5) is 0 Å². The van der Waals surface area contributed by atoms with E-state index in [1.807, 2.05) is 25.1 Å². The molecule has 98 valence electrons. The van der Waals surface area contributed by atoms with Gasteiger partial charge in [-0.1, -0.05) is 29.8 Å². The lowest BCUT2D eigenvalue weighted by atomic mass is 10.1. The molecular formula is C14H19NO3. The Balaban J connectivity index is 1.85. The number of aliphatic hydroxyl groups excluding tert-OH is 2. The third kappa shape index (κ3) is 3.09. The monoisotopic (exact) mass is 249 g/mol. The number of benzene rings is 1. The van der Waals surface area contributed by atoms with E-state index >= 15 is 0 Å². The minimum Gasteiger partial charge on any atom is -0.388 e. The van der Waals surface area contributed by atoms with Crippen LogP contribution in [-0.4, -0.2) is 46.3 Å². The quantitative estimate of drug-likeness (QED) is 0.819. The van der Waals surface area contributed by atoms with Gasteiger partial charge in [0.1, 0.15) is 0 Å². The predicted molar refractivity (Wildman–Crippen MR) is 68.1 cm³/mol. The maximum absolute atomic E-state index is 11.9. The van der Waals surface area contributed by atoms with Crippen LogP contribution in [0.2, 0.25) is 0 Å². The minimum atomic E-state index is -0.798. The number of β-amino-alcohol motifs (C(OH)–C–C–N with tert-alkyl or cyclic N) is 2. The third-order valence-corrected chi connectivity index (χ3v) is 3.32. The van der Waals surface area contributed by atoms with Crippen molar-refractivity contribution in [1.82, 2.24) is 4.90 Å².